The fraction of sp³-hybridized carbons (Fsp3) is 0.391. The average molecular weight is 428 g/mol. The number of anilines is 3. The van der Waals surface area contributed by atoms with Crippen molar-refractivity contribution in [3.05, 3.63) is 53.6 Å². The number of nitrogens with zero attached hydrogens (tertiary/aromatic N) is 2. The van der Waals surface area contributed by atoms with Gasteiger partial charge in [0.1, 0.15) is 0 Å². The lowest BCUT2D eigenvalue weighted by atomic mass is 10.1. The minimum atomic E-state index is -1.04. The molecule has 2 fully saturated rings. The van der Waals surface area contributed by atoms with Crippen molar-refractivity contribution in [2.45, 2.75) is 32.1 Å². The Morgan fingerprint density at radius 3 is 2.03 bits per heavy atom. The summed E-state index contributed by atoms with van der Waals surface area (Å²) >= 11 is 0. The number of piperidine rings is 1. The van der Waals surface area contributed by atoms with Gasteiger partial charge < -0.3 is 20.4 Å². The van der Waals surface area contributed by atoms with Crippen LogP contribution in [0.4, 0.5) is 30.6 Å². The summed E-state index contributed by atoms with van der Waals surface area (Å²) in [5.41, 5.74) is 2.06. The summed E-state index contributed by atoms with van der Waals surface area (Å²) in [6.45, 7) is 3.30. The average Bonchev–Trinajstić information content (AvgIpc) is 3.31. The van der Waals surface area contributed by atoms with Gasteiger partial charge in [-0.25, -0.2) is 13.6 Å². The standard InChI is InChI=1S/C23H26F2N4O2/c24-19-8-6-17(15-20(19)25)27-23(31)26-16-7-9-21(28-10-4-5-11-28)18(14-16)22(30)29-12-2-1-3-13-29/h6-9,14-15H,1-5,10-13H2,(H2,26,27,31). The summed E-state index contributed by atoms with van der Waals surface area (Å²) in [5.74, 6) is -2.04. The van der Waals surface area contributed by atoms with Crippen molar-refractivity contribution in [3.63, 3.8) is 0 Å². The topological polar surface area (TPSA) is 64.7 Å². The Kier molecular flexibility index (Phi) is 6.34. The molecule has 0 atom stereocenters. The molecular weight excluding hydrogens is 402 g/mol. The molecule has 2 aromatic rings. The number of nitrogens with one attached hydrogen (secondary N) is 2. The lowest BCUT2D eigenvalue weighted by Crippen LogP contribution is -2.36. The quantitative estimate of drug-likeness (QED) is 0.733. The Morgan fingerprint density at radius 1 is 0.742 bits per heavy atom. The smallest absolute Gasteiger partial charge is 0.323 e. The Hall–Kier alpha value is -3.16. The molecule has 2 N–H and O–H groups in total. The number of amides is 3. The Balaban J connectivity index is 1.54. The third-order valence-corrected chi connectivity index (χ3v) is 5.75. The molecule has 164 valence electrons. The summed E-state index contributed by atoms with van der Waals surface area (Å²) in [4.78, 5) is 29.7. The molecule has 0 aliphatic carbocycles. The lowest BCUT2D eigenvalue weighted by Gasteiger charge is -2.29. The Labute approximate surface area is 180 Å². The Bertz CT molecular complexity index is 970. The zero-order chi connectivity index (χ0) is 21.8. The van der Waals surface area contributed by atoms with E-state index < -0.39 is 17.7 Å². The predicted molar refractivity (Wildman–Crippen MR) is 117 cm³/mol. The Morgan fingerprint density at radius 2 is 1.35 bits per heavy atom. The van der Waals surface area contributed by atoms with Gasteiger partial charge >= 0.3 is 6.03 Å². The van der Waals surface area contributed by atoms with Crippen LogP contribution in [0.15, 0.2) is 36.4 Å². The second kappa shape index (κ2) is 9.32. The van der Waals surface area contributed by atoms with E-state index >= 15 is 0 Å². The van der Waals surface area contributed by atoms with Crippen LogP contribution >= 0.6 is 0 Å². The van der Waals surface area contributed by atoms with Gasteiger partial charge in [0.2, 0.25) is 0 Å². The van der Waals surface area contributed by atoms with Crippen molar-refractivity contribution in [2.75, 3.05) is 41.7 Å². The summed E-state index contributed by atoms with van der Waals surface area (Å²) in [5, 5.41) is 5.16. The predicted octanol–water partition coefficient (Wildman–Crippen LogP) is 4.84. The minimum Gasteiger partial charge on any atom is -0.371 e. The SMILES string of the molecule is O=C(Nc1ccc(F)c(F)c1)Nc1ccc(N2CCCC2)c(C(=O)N2CCCCC2)c1. The normalized spacial score (nSPS) is 16.3. The van der Waals surface area contributed by atoms with E-state index in [1.807, 2.05) is 11.0 Å². The van der Waals surface area contributed by atoms with E-state index in [2.05, 4.69) is 15.5 Å². The highest BCUT2D eigenvalue weighted by Gasteiger charge is 2.25. The zero-order valence-electron chi connectivity index (χ0n) is 17.3. The van der Waals surface area contributed by atoms with Gasteiger partial charge in [0.15, 0.2) is 11.6 Å². The van der Waals surface area contributed by atoms with Crippen LogP contribution in [0.5, 0.6) is 0 Å². The van der Waals surface area contributed by atoms with E-state index in [-0.39, 0.29) is 11.6 Å². The molecule has 0 spiro atoms. The van der Waals surface area contributed by atoms with Gasteiger partial charge in [-0.3, -0.25) is 4.79 Å². The fourth-order valence-electron chi connectivity index (χ4n) is 4.15. The van der Waals surface area contributed by atoms with Gasteiger partial charge in [-0.2, -0.15) is 0 Å². The minimum absolute atomic E-state index is 0.0220. The molecule has 2 aromatic carbocycles. The van der Waals surface area contributed by atoms with Gasteiger partial charge in [0.25, 0.3) is 5.91 Å². The van der Waals surface area contributed by atoms with E-state index in [1.54, 1.807) is 12.1 Å². The number of benzene rings is 2. The molecule has 6 nitrogen and oxygen atoms in total. The van der Waals surface area contributed by atoms with Crippen LogP contribution < -0.4 is 15.5 Å². The first-order chi connectivity index (χ1) is 15.0. The van der Waals surface area contributed by atoms with Crippen molar-refractivity contribution >= 4 is 29.0 Å². The van der Waals surface area contributed by atoms with Crippen LogP contribution in [0.3, 0.4) is 0 Å². The number of hydrogen-bond acceptors (Lipinski definition) is 3. The molecule has 0 aromatic heterocycles. The van der Waals surface area contributed by atoms with Crippen molar-refractivity contribution in [3.8, 4) is 0 Å². The van der Waals surface area contributed by atoms with Crippen molar-refractivity contribution in [1.29, 1.82) is 0 Å². The monoisotopic (exact) mass is 428 g/mol. The highest BCUT2D eigenvalue weighted by atomic mass is 19.2. The highest BCUT2D eigenvalue weighted by Crippen LogP contribution is 2.29. The van der Waals surface area contributed by atoms with Crippen molar-refractivity contribution in [2.24, 2.45) is 0 Å². The summed E-state index contributed by atoms with van der Waals surface area (Å²) in [6.07, 6.45) is 5.31. The van der Waals surface area contributed by atoms with Gasteiger partial charge in [-0.15, -0.1) is 0 Å². The van der Waals surface area contributed by atoms with E-state index in [1.165, 1.54) is 6.07 Å². The molecule has 0 saturated carbocycles. The van der Waals surface area contributed by atoms with Crippen LogP contribution in [-0.2, 0) is 0 Å². The van der Waals surface area contributed by atoms with Gasteiger partial charge in [-0.1, -0.05) is 0 Å². The van der Waals surface area contributed by atoms with E-state index in [9.17, 15) is 18.4 Å². The second-order valence-electron chi connectivity index (χ2n) is 7.99. The number of urea groups is 1. The van der Waals surface area contributed by atoms with Crippen LogP contribution in [0, 0.1) is 11.6 Å². The lowest BCUT2D eigenvalue weighted by molar-refractivity contribution is 0.0725. The van der Waals surface area contributed by atoms with Crippen LogP contribution in [-0.4, -0.2) is 43.0 Å². The van der Waals surface area contributed by atoms with Crippen molar-refractivity contribution < 1.29 is 18.4 Å². The van der Waals surface area contributed by atoms with Crippen LogP contribution in [0.2, 0.25) is 0 Å². The van der Waals surface area contributed by atoms with Gasteiger partial charge in [0.05, 0.1) is 5.56 Å². The maximum absolute atomic E-state index is 13.4. The molecular formula is C23H26F2N4O2. The molecule has 31 heavy (non-hydrogen) atoms. The number of halogens is 2. The zero-order valence-corrected chi connectivity index (χ0v) is 17.3. The molecule has 4 rings (SSSR count). The second-order valence-corrected chi connectivity index (χ2v) is 7.99. The van der Waals surface area contributed by atoms with Gasteiger partial charge in [-0.05, 0) is 62.4 Å². The number of likely N-dealkylation sites (tertiary alicyclic amines) is 1. The fourth-order valence-corrected chi connectivity index (χ4v) is 4.15. The third kappa shape index (κ3) is 4.95. The molecule has 3 amide bonds. The number of carbonyl (C=O) groups is 2. The summed E-state index contributed by atoms with van der Waals surface area (Å²) in [7, 11) is 0. The number of rotatable bonds is 4. The number of hydrogen-bond donors (Lipinski definition) is 2. The van der Waals surface area contributed by atoms with Crippen LogP contribution in [0.25, 0.3) is 0 Å². The van der Waals surface area contributed by atoms with E-state index in [0.717, 1.165) is 76.1 Å². The first kappa shape index (κ1) is 21.1. The summed E-state index contributed by atoms with van der Waals surface area (Å²) < 4.78 is 26.5. The van der Waals surface area contributed by atoms with E-state index in [0.29, 0.717) is 11.3 Å². The maximum atomic E-state index is 13.4. The van der Waals surface area contributed by atoms with Crippen molar-refractivity contribution in [1.82, 2.24) is 4.90 Å². The molecule has 0 unspecified atom stereocenters. The molecule has 0 radical (unpaired) electrons. The molecule has 2 heterocycles. The van der Waals surface area contributed by atoms with Crippen LogP contribution in [0.1, 0.15) is 42.5 Å². The molecule has 8 heteroatoms. The first-order valence-electron chi connectivity index (χ1n) is 10.7. The molecule has 0 bridgehead atoms. The molecule has 2 aliphatic heterocycles. The largest absolute Gasteiger partial charge is 0.371 e. The molecule has 2 aliphatic rings. The number of carbonyl (C=O) groups excluding carboxylic acids is 2. The first-order valence-corrected chi connectivity index (χ1v) is 10.7. The van der Waals surface area contributed by atoms with Gasteiger partial charge in [0, 0.05) is 49.3 Å². The van der Waals surface area contributed by atoms with E-state index in [4.69, 9.17) is 0 Å². The third-order valence-electron chi connectivity index (χ3n) is 5.75. The highest BCUT2D eigenvalue weighted by molar-refractivity contribution is 6.04. The molecule has 2 saturated heterocycles. The summed E-state index contributed by atoms with van der Waals surface area (Å²) in [6, 6.07) is 7.87. The maximum Gasteiger partial charge on any atom is 0.323 e.